The summed E-state index contributed by atoms with van der Waals surface area (Å²) in [7, 11) is 0. The molecule has 1 N–H and O–H groups in total. The molecule has 0 aromatic heterocycles. The molecule has 2 aromatic rings. The van der Waals surface area contributed by atoms with Crippen molar-refractivity contribution in [3.05, 3.63) is 70.3 Å². The Balaban J connectivity index is 1.66. The van der Waals surface area contributed by atoms with E-state index >= 15 is 0 Å². The third-order valence-corrected chi connectivity index (χ3v) is 4.89. The highest BCUT2D eigenvalue weighted by molar-refractivity contribution is 5.96. The minimum atomic E-state index is 0.0791. The first-order chi connectivity index (χ1) is 11.6. The molecule has 1 fully saturated rings. The van der Waals surface area contributed by atoms with Crippen LogP contribution in [-0.2, 0) is 13.0 Å². The molecular weight excluding hydrogens is 298 g/mol. The number of aliphatic hydroxyl groups excluding tert-OH is 1. The van der Waals surface area contributed by atoms with E-state index in [0.29, 0.717) is 5.92 Å². The normalized spacial score (nSPS) is 17.3. The van der Waals surface area contributed by atoms with Gasteiger partial charge in [-0.15, -0.1) is 0 Å². The van der Waals surface area contributed by atoms with Crippen molar-refractivity contribution in [1.82, 2.24) is 4.90 Å². The molecule has 1 heterocycles. The van der Waals surface area contributed by atoms with E-state index in [9.17, 15) is 9.90 Å². The van der Waals surface area contributed by atoms with Crippen molar-refractivity contribution in [3.8, 4) is 0 Å². The molecule has 3 heteroatoms. The zero-order chi connectivity index (χ0) is 17.1. The van der Waals surface area contributed by atoms with Crippen LogP contribution >= 0.6 is 0 Å². The number of rotatable bonds is 4. The standard InChI is InChI=1S/C21H25NO2/c1-15-6-7-16(2)20(10-15)21(24)22-9-8-18(13-22)11-17-4-3-5-19(12-17)14-23/h3-7,10,12,18,23H,8-9,11,13-14H2,1-2H3/t18-/m0/s1. The Morgan fingerprint density at radius 1 is 1.17 bits per heavy atom. The van der Waals surface area contributed by atoms with Gasteiger partial charge in [0.25, 0.3) is 5.91 Å². The van der Waals surface area contributed by atoms with Gasteiger partial charge in [0.05, 0.1) is 6.61 Å². The van der Waals surface area contributed by atoms with Crippen molar-refractivity contribution in [2.75, 3.05) is 13.1 Å². The summed E-state index contributed by atoms with van der Waals surface area (Å²) in [4.78, 5) is 14.8. The maximum absolute atomic E-state index is 12.8. The molecule has 1 aliphatic rings. The van der Waals surface area contributed by atoms with Crippen LogP contribution in [0.3, 0.4) is 0 Å². The van der Waals surface area contributed by atoms with E-state index in [1.807, 2.05) is 49.1 Å². The second-order valence-corrected chi connectivity index (χ2v) is 6.91. The van der Waals surface area contributed by atoms with E-state index in [4.69, 9.17) is 0 Å². The van der Waals surface area contributed by atoms with Gasteiger partial charge in [0.1, 0.15) is 0 Å². The summed E-state index contributed by atoms with van der Waals surface area (Å²) in [5.41, 5.74) is 5.20. The number of carbonyl (C=O) groups is 1. The van der Waals surface area contributed by atoms with Gasteiger partial charge in [-0.1, -0.05) is 42.0 Å². The molecule has 0 spiro atoms. The van der Waals surface area contributed by atoms with E-state index < -0.39 is 0 Å². The predicted molar refractivity (Wildman–Crippen MR) is 96.0 cm³/mol. The molecule has 2 aromatic carbocycles. The Kier molecular flexibility index (Phi) is 5.00. The number of aliphatic hydroxyl groups is 1. The van der Waals surface area contributed by atoms with Crippen molar-refractivity contribution in [2.45, 2.75) is 33.3 Å². The van der Waals surface area contributed by atoms with Crippen LogP contribution in [0.4, 0.5) is 0 Å². The number of benzene rings is 2. The molecule has 0 unspecified atom stereocenters. The fraction of sp³-hybridized carbons (Fsp3) is 0.381. The Labute approximate surface area is 143 Å². The third-order valence-electron chi connectivity index (χ3n) is 4.89. The SMILES string of the molecule is Cc1ccc(C)c(C(=O)N2CC[C@@H](Cc3cccc(CO)c3)C2)c1. The molecule has 1 aliphatic heterocycles. The van der Waals surface area contributed by atoms with Crippen LogP contribution in [-0.4, -0.2) is 29.0 Å². The molecule has 0 saturated carbocycles. The van der Waals surface area contributed by atoms with Crippen molar-refractivity contribution >= 4 is 5.91 Å². The summed E-state index contributed by atoms with van der Waals surface area (Å²) in [5.74, 6) is 0.649. The molecule has 24 heavy (non-hydrogen) atoms. The highest BCUT2D eigenvalue weighted by Crippen LogP contribution is 2.24. The molecule has 0 radical (unpaired) electrons. The van der Waals surface area contributed by atoms with Gasteiger partial charge >= 0.3 is 0 Å². The van der Waals surface area contributed by atoms with Gasteiger partial charge in [0, 0.05) is 18.7 Å². The maximum atomic E-state index is 12.8. The Bertz CT molecular complexity index is 738. The molecule has 1 atom stereocenters. The number of carbonyl (C=O) groups excluding carboxylic acids is 1. The van der Waals surface area contributed by atoms with Gasteiger partial charge in [0.15, 0.2) is 0 Å². The molecular formula is C21H25NO2. The highest BCUT2D eigenvalue weighted by Gasteiger charge is 2.27. The molecule has 3 rings (SSSR count). The average molecular weight is 323 g/mol. The lowest BCUT2D eigenvalue weighted by molar-refractivity contribution is 0.0786. The number of amides is 1. The first-order valence-electron chi connectivity index (χ1n) is 8.62. The van der Waals surface area contributed by atoms with Crippen LogP contribution in [0.5, 0.6) is 0 Å². The van der Waals surface area contributed by atoms with Gasteiger partial charge in [0.2, 0.25) is 0 Å². The molecule has 1 saturated heterocycles. The summed E-state index contributed by atoms with van der Waals surface area (Å²) in [6.45, 7) is 5.75. The minimum absolute atomic E-state index is 0.0791. The van der Waals surface area contributed by atoms with Gasteiger partial charge in [-0.05, 0) is 55.4 Å². The number of aryl methyl sites for hydroxylation is 2. The van der Waals surface area contributed by atoms with E-state index in [0.717, 1.165) is 48.2 Å². The highest BCUT2D eigenvalue weighted by atomic mass is 16.3. The van der Waals surface area contributed by atoms with Gasteiger partial charge in [-0.3, -0.25) is 4.79 Å². The summed E-state index contributed by atoms with van der Waals surface area (Å²) in [6, 6.07) is 14.2. The number of likely N-dealkylation sites (tertiary alicyclic amines) is 1. The van der Waals surface area contributed by atoms with Crippen LogP contribution in [0.2, 0.25) is 0 Å². The summed E-state index contributed by atoms with van der Waals surface area (Å²) in [6.07, 6.45) is 2.00. The van der Waals surface area contributed by atoms with Gasteiger partial charge < -0.3 is 10.0 Å². The lowest BCUT2D eigenvalue weighted by atomic mass is 9.97. The fourth-order valence-electron chi connectivity index (χ4n) is 3.51. The predicted octanol–water partition coefficient (Wildman–Crippen LogP) is 3.50. The molecule has 3 nitrogen and oxygen atoms in total. The largest absolute Gasteiger partial charge is 0.392 e. The lowest BCUT2D eigenvalue weighted by Crippen LogP contribution is -2.29. The monoisotopic (exact) mass is 323 g/mol. The topological polar surface area (TPSA) is 40.5 Å². The van der Waals surface area contributed by atoms with Crippen molar-refractivity contribution in [2.24, 2.45) is 5.92 Å². The third kappa shape index (κ3) is 3.68. The summed E-state index contributed by atoms with van der Waals surface area (Å²) < 4.78 is 0. The van der Waals surface area contributed by atoms with Crippen LogP contribution in [0.25, 0.3) is 0 Å². The molecule has 1 amide bonds. The molecule has 0 aliphatic carbocycles. The van der Waals surface area contributed by atoms with Crippen molar-refractivity contribution < 1.29 is 9.90 Å². The zero-order valence-electron chi connectivity index (χ0n) is 14.5. The fourth-order valence-corrected chi connectivity index (χ4v) is 3.51. The van der Waals surface area contributed by atoms with E-state index in [-0.39, 0.29) is 12.5 Å². The Morgan fingerprint density at radius 2 is 1.96 bits per heavy atom. The van der Waals surface area contributed by atoms with Crippen molar-refractivity contribution in [1.29, 1.82) is 0 Å². The van der Waals surface area contributed by atoms with Crippen LogP contribution in [0.1, 0.15) is 39.0 Å². The summed E-state index contributed by atoms with van der Waals surface area (Å²) >= 11 is 0. The average Bonchev–Trinajstić information content (AvgIpc) is 3.05. The van der Waals surface area contributed by atoms with Gasteiger partial charge in [-0.25, -0.2) is 0 Å². The van der Waals surface area contributed by atoms with Crippen molar-refractivity contribution in [3.63, 3.8) is 0 Å². The van der Waals surface area contributed by atoms with E-state index in [1.54, 1.807) is 0 Å². The Hall–Kier alpha value is -2.13. The summed E-state index contributed by atoms with van der Waals surface area (Å²) in [5, 5.41) is 9.26. The van der Waals surface area contributed by atoms with Crippen LogP contribution < -0.4 is 0 Å². The second kappa shape index (κ2) is 7.18. The number of hydrogen-bond donors (Lipinski definition) is 1. The molecule has 0 bridgehead atoms. The number of nitrogens with zero attached hydrogens (tertiary/aromatic N) is 1. The zero-order valence-corrected chi connectivity index (χ0v) is 14.5. The second-order valence-electron chi connectivity index (χ2n) is 6.91. The van der Waals surface area contributed by atoms with Crippen LogP contribution in [0.15, 0.2) is 42.5 Å². The van der Waals surface area contributed by atoms with E-state index in [1.165, 1.54) is 5.56 Å². The van der Waals surface area contributed by atoms with Crippen LogP contribution in [0, 0.1) is 19.8 Å². The maximum Gasteiger partial charge on any atom is 0.254 e. The van der Waals surface area contributed by atoms with Gasteiger partial charge in [-0.2, -0.15) is 0 Å². The quantitative estimate of drug-likeness (QED) is 0.935. The smallest absolute Gasteiger partial charge is 0.254 e. The Morgan fingerprint density at radius 3 is 2.75 bits per heavy atom. The number of hydrogen-bond acceptors (Lipinski definition) is 2. The lowest BCUT2D eigenvalue weighted by Gasteiger charge is -2.18. The molecule has 126 valence electrons. The first-order valence-corrected chi connectivity index (χ1v) is 8.62. The first kappa shape index (κ1) is 16.7. The van der Waals surface area contributed by atoms with E-state index in [2.05, 4.69) is 12.1 Å². The minimum Gasteiger partial charge on any atom is -0.392 e.